The molecule has 0 bridgehead atoms. The first kappa shape index (κ1) is 15.1. The molecular weight excluding hydrogens is 291 g/mol. The minimum absolute atomic E-state index is 0.162. The summed E-state index contributed by atoms with van der Waals surface area (Å²) in [6.07, 6.45) is 0. The van der Waals surface area contributed by atoms with Crippen LogP contribution in [0.1, 0.15) is 11.1 Å². The number of H-pyrrole nitrogens is 1. The van der Waals surface area contributed by atoms with Crippen LogP contribution in [0.2, 0.25) is 0 Å². The standard InChI is InChI=1S/C14H13FN4OS/c15-11-4-3-9(6-10(11)2-1-5-16)8-21-14-18-12(17)7-13(20)19-14/h3-4,6-7H,5,8,16H2,(H3,17,18,19,20). The quantitative estimate of drug-likeness (QED) is 0.448. The Morgan fingerprint density at radius 2 is 2.19 bits per heavy atom. The molecule has 0 aliphatic carbocycles. The predicted octanol–water partition coefficient (Wildman–Crippen LogP) is 1.09. The zero-order valence-electron chi connectivity index (χ0n) is 11.0. The molecule has 7 heteroatoms. The number of hydrogen-bond acceptors (Lipinski definition) is 5. The van der Waals surface area contributed by atoms with E-state index >= 15 is 0 Å². The van der Waals surface area contributed by atoms with E-state index in [2.05, 4.69) is 21.8 Å². The number of nitrogens with two attached hydrogens (primary N) is 2. The molecule has 108 valence electrons. The lowest BCUT2D eigenvalue weighted by Gasteiger charge is -2.03. The van der Waals surface area contributed by atoms with Crippen molar-refractivity contribution in [3.63, 3.8) is 0 Å². The van der Waals surface area contributed by atoms with Crippen molar-refractivity contribution in [3.8, 4) is 11.8 Å². The normalized spacial score (nSPS) is 10.0. The summed E-state index contributed by atoms with van der Waals surface area (Å²) in [5.41, 5.74) is 11.6. The van der Waals surface area contributed by atoms with Gasteiger partial charge in [0.25, 0.3) is 5.56 Å². The van der Waals surface area contributed by atoms with Crippen molar-refractivity contribution in [2.45, 2.75) is 10.9 Å². The second-order valence-corrected chi connectivity index (χ2v) is 5.05. The van der Waals surface area contributed by atoms with Crippen molar-refractivity contribution in [2.24, 2.45) is 5.73 Å². The Morgan fingerprint density at radius 3 is 2.90 bits per heavy atom. The van der Waals surface area contributed by atoms with Crippen LogP contribution in [0.4, 0.5) is 10.2 Å². The summed E-state index contributed by atoms with van der Waals surface area (Å²) in [5, 5.41) is 0.416. The van der Waals surface area contributed by atoms with Gasteiger partial charge in [0.2, 0.25) is 0 Å². The van der Waals surface area contributed by atoms with Crippen LogP contribution in [0.15, 0.2) is 34.2 Å². The highest BCUT2D eigenvalue weighted by Gasteiger charge is 2.04. The van der Waals surface area contributed by atoms with Crippen LogP contribution < -0.4 is 17.0 Å². The van der Waals surface area contributed by atoms with Gasteiger partial charge in [0.1, 0.15) is 11.6 Å². The minimum atomic E-state index is -0.389. The predicted molar refractivity (Wildman–Crippen MR) is 81.2 cm³/mol. The smallest absolute Gasteiger partial charge is 0.253 e. The van der Waals surface area contributed by atoms with Crippen LogP contribution in [0.25, 0.3) is 0 Å². The summed E-state index contributed by atoms with van der Waals surface area (Å²) >= 11 is 1.30. The number of nitrogen functional groups attached to an aromatic ring is 1. The van der Waals surface area contributed by atoms with E-state index in [-0.39, 0.29) is 23.7 Å². The summed E-state index contributed by atoms with van der Waals surface area (Å²) in [5.74, 6) is 5.57. The van der Waals surface area contributed by atoms with E-state index in [9.17, 15) is 9.18 Å². The van der Waals surface area contributed by atoms with Gasteiger partial charge >= 0.3 is 0 Å². The lowest BCUT2D eigenvalue weighted by atomic mass is 10.1. The number of aromatic nitrogens is 2. The first-order valence-corrected chi connectivity index (χ1v) is 7.04. The fourth-order valence-corrected chi connectivity index (χ4v) is 2.40. The molecular formula is C14H13FN4OS. The fourth-order valence-electron chi connectivity index (χ4n) is 1.58. The monoisotopic (exact) mass is 304 g/mol. The zero-order valence-corrected chi connectivity index (χ0v) is 11.8. The summed E-state index contributed by atoms with van der Waals surface area (Å²) in [6.45, 7) is 0.173. The summed E-state index contributed by atoms with van der Waals surface area (Å²) in [6, 6.07) is 5.87. The van der Waals surface area contributed by atoms with Crippen molar-refractivity contribution < 1.29 is 4.39 Å². The minimum Gasteiger partial charge on any atom is -0.383 e. The average Bonchev–Trinajstić information content (AvgIpc) is 2.44. The van der Waals surface area contributed by atoms with Gasteiger partial charge in [-0.25, -0.2) is 9.37 Å². The third-order valence-electron chi connectivity index (χ3n) is 2.47. The Labute approximate surface area is 125 Å². The van der Waals surface area contributed by atoms with Gasteiger partial charge in [0.05, 0.1) is 12.1 Å². The highest BCUT2D eigenvalue weighted by Crippen LogP contribution is 2.20. The molecule has 21 heavy (non-hydrogen) atoms. The van der Waals surface area contributed by atoms with Crippen LogP contribution in [-0.2, 0) is 5.75 Å². The third-order valence-corrected chi connectivity index (χ3v) is 3.42. The molecule has 5 nitrogen and oxygen atoms in total. The van der Waals surface area contributed by atoms with E-state index in [1.807, 2.05) is 0 Å². The number of halogens is 1. The maximum Gasteiger partial charge on any atom is 0.253 e. The van der Waals surface area contributed by atoms with E-state index in [1.54, 1.807) is 12.1 Å². The van der Waals surface area contributed by atoms with Crippen molar-refractivity contribution in [2.75, 3.05) is 12.3 Å². The first-order valence-electron chi connectivity index (χ1n) is 6.05. The molecule has 2 rings (SSSR count). The van der Waals surface area contributed by atoms with E-state index in [4.69, 9.17) is 11.5 Å². The molecule has 2 aromatic rings. The first-order chi connectivity index (χ1) is 10.1. The number of anilines is 1. The Bertz CT molecular complexity index is 764. The Balaban J connectivity index is 2.14. The van der Waals surface area contributed by atoms with Crippen molar-refractivity contribution >= 4 is 17.6 Å². The molecule has 0 amide bonds. The molecule has 0 atom stereocenters. The molecule has 0 spiro atoms. The molecule has 1 heterocycles. The average molecular weight is 304 g/mol. The van der Waals surface area contributed by atoms with Crippen LogP contribution in [-0.4, -0.2) is 16.5 Å². The number of rotatable bonds is 3. The zero-order chi connectivity index (χ0) is 15.2. The lowest BCUT2D eigenvalue weighted by molar-refractivity contribution is 0.624. The van der Waals surface area contributed by atoms with Crippen molar-refractivity contribution in [1.29, 1.82) is 0 Å². The maximum atomic E-state index is 13.5. The van der Waals surface area contributed by atoms with E-state index in [0.29, 0.717) is 16.5 Å². The molecule has 1 aromatic carbocycles. The van der Waals surface area contributed by atoms with E-state index in [0.717, 1.165) is 5.56 Å². The van der Waals surface area contributed by atoms with Gasteiger partial charge in [-0.2, -0.15) is 0 Å². The number of nitrogens with zero attached hydrogens (tertiary/aromatic N) is 1. The number of hydrogen-bond donors (Lipinski definition) is 3. The van der Waals surface area contributed by atoms with Crippen LogP contribution >= 0.6 is 11.8 Å². The molecule has 0 unspecified atom stereocenters. The van der Waals surface area contributed by atoms with Gasteiger partial charge < -0.3 is 16.5 Å². The Hall–Kier alpha value is -2.30. The van der Waals surface area contributed by atoms with Gasteiger partial charge in [-0.05, 0) is 17.7 Å². The molecule has 0 saturated heterocycles. The molecule has 0 radical (unpaired) electrons. The van der Waals surface area contributed by atoms with Crippen molar-refractivity contribution in [1.82, 2.24) is 9.97 Å². The van der Waals surface area contributed by atoms with Gasteiger partial charge in [0.15, 0.2) is 5.16 Å². The molecule has 0 aliphatic heterocycles. The van der Waals surface area contributed by atoms with Gasteiger partial charge in [-0.1, -0.05) is 29.7 Å². The number of thioether (sulfide) groups is 1. The second-order valence-electron chi connectivity index (χ2n) is 4.08. The van der Waals surface area contributed by atoms with E-state index in [1.165, 1.54) is 23.9 Å². The van der Waals surface area contributed by atoms with Crippen molar-refractivity contribution in [3.05, 3.63) is 51.6 Å². The van der Waals surface area contributed by atoms with Crippen LogP contribution in [0.5, 0.6) is 0 Å². The van der Waals surface area contributed by atoms with Gasteiger partial charge in [-0.15, -0.1) is 0 Å². The molecule has 1 aromatic heterocycles. The largest absolute Gasteiger partial charge is 0.383 e. The molecule has 0 aliphatic rings. The highest BCUT2D eigenvalue weighted by atomic mass is 32.2. The topological polar surface area (TPSA) is 97.8 Å². The SMILES string of the molecule is NCC#Cc1cc(CSc2nc(N)cc(=O)[nH]2)ccc1F. The number of benzene rings is 1. The Morgan fingerprint density at radius 1 is 1.38 bits per heavy atom. The molecule has 0 fully saturated rings. The Kier molecular flexibility index (Phi) is 4.98. The van der Waals surface area contributed by atoms with Gasteiger partial charge in [0, 0.05) is 11.8 Å². The summed E-state index contributed by atoms with van der Waals surface area (Å²) in [4.78, 5) is 17.9. The highest BCUT2D eigenvalue weighted by molar-refractivity contribution is 7.98. The van der Waals surface area contributed by atoms with Crippen LogP contribution in [0.3, 0.4) is 0 Å². The molecule has 0 saturated carbocycles. The summed E-state index contributed by atoms with van der Waals surface area (Å²) < 4.78 is 13.5. The van der Waals surface area contributed by atoms with E-state index < -0.39 is 0 Å². The molecule has 5 N–H and O–H groups in total. The lowest BCUT2D eigenvalue weighted by Crippen LogP contribution is -2.09. The number of aromatic amines is 1. The third kappa shape index (κ3) is 4.34. The van der Waals surface area contributed by atoms with Crippen LogP contribution in [0, 0.1) is 17.7 Å². The number of nitrogens with one attached hydrogen (secondary N) is 1. The fraction of sp³-hybridized carbons (Fsp3) is 0.143. The summed E-state index contributed by atoms with van der Waals surface area (Å²) in [7, 11) is 0. The van der Waals surface area contributed by atoms with Gasteiger partial charge in [-0.3, -0.25) is 4.79 Å². The second kappa shape index (κ2) is 6.92. The maximum absolute atomic E-state index is 13.5.